The third kappa shape index (κ3) is 1.80. The average Bonchev–Trinajstić information content (AvgIpc) is 2.11. The molecule has 3 unspecified atom stereocenters. The van der Waals surface area contributed by atoms with Crippen LogP contribution < -0.4 is 0 Å². The number of halogens is 2. The van der Waals surface area contributed by atoms with Gasteiger partial charge in [-0.1, -0.05) is 28.1 Å². The maximum atomic E-state index is 14.0. The molecule has 1 rings (SSSR count). The summed E-state index contributed by atoms with van der Waals surface area (Å²) in [6, 6.07) is 0. The molecule has 0 aliphatic heterocycles. The second-order valence-electron chi connectivity index (χ2n) is 1.82. The van der Waals surface area contributed by atoms with Crippen LogP contribution in [0.2, 0.25) is 0 Å². The Labute approximate surface area is 79.2 Å². The lowest BCUT2D eigenvalue weighted by Gasteiger charge is -2.21. The minimum absolute atomic E-state index is 0.455. The fourth-order valence-electron chi connectivity index (χ4n) is 0.618. The van der Waals surface area contributed by atoms with Gasteiger partial charge in [-0.15, -0.1) is 0 Å². The van der Waals surface area contributed by atoms with E-state index in [-0.39, 0.29) is 0 Å². The molecule has 0 heterocycles. The average molecular weight is 228 g/mol. The minimum atomic E-state index is -3.68. The lowest BCUT2D eigenvalue weighted by atomic mass is 9.94. The number of carbonyl (C=O) groups is 1. The summed E-state index contributed by atoms with van der Waals surface area (Å²) in [6.07, 6.45) is -5.20. The highest BCUT2D eigenvalue weighted by atomic mass is 79.9. The van der Waals surface area contributed by atoms with Crippen molar-refractivity contribution in [1.82, 2.24) is 0 Å². The van der Waals surface area contributed by atoms with Gasteiger partial charge in [-0.2, -0.15) is 0 Å². The Hall–Kier alpha value is -0.380. The quantitative estimate of drug-likeness (QED) is 0.548. The summed E-state index contributed by atoms with van der Waals surface area (Å²) in [6.45, 7) is 0. The lowest BCUT2D eigenvalue weighted by molar-refractivity contribution is -0.142. The molecule has 0 saturated carbocycles. The maximum Gasteiger partial charge on any atom is 0.313 e. The molecular weight excluding hydrogens is 215 g/mol. The van der Waals surface area contributed by atoms with Gasteiger partial charge in [-0.25, -0.2) is 4.39 Å². The van der Waals surface area contributed by atoms with Crippen molar-refractivity contribution in [2.75, 3.05) is 0 Å². The van der Waals surface area contributed by atoms with E-state index in [4.69, 9.17) is 12.0 Å². The van der Waals surface area contributed by atoms with Crippen molar-refractivity contribution >= 4 is 21.9 Å². The Kier molecular flexibility index (Phi) is 1.22. The Morgan fingerprint density at radius 3 is 3.18 bits per heavy atom. The molecule has 1 N–H and O–H groups in total. The number of carboxylic acids is 1. The highest BCUT2D eigenvalue weighted by molar-refractivity contribution is 9.09. The van der Waals surface area contributed by atoms with Gasteiger partial charge in [0.1, 0.15) is 12.0 Å². The summed E-state index contributed by atoms with van der Waals surface area (Å²) in [7, 11) is 0. The second kappa shape index (κ2) is 3.34. The van der Waals surface area contributed by atoms with Gasteiger partial charge in [0.2, 0.25) is 0 Å². The van der Waals surface area contributed by atoms with Gasteiger partial charge < -0.3 is 5.11 Å². The number of aliphatic carboxylic acids is 1. The van der Waals surface area contributed by atoms with Gasteiger partial charge in [-0.05, 0) is 6.37 Å². The number of rotatable bonds is 1. The first kappa shape index (κ1) is 4.03. The van der Waals surface area contributed by atoms with Crippen molar-refractivity contribution in [2.45, 2.75) is 17.3 Å². The first-order valence-electron chi connectivity index (χ1n) is 5.22. The van der Waals surface area contributed by atoms with Gasteiger partial charge >= 0.3 is 5.97 Å². The first-order chi connectivity index (χ1) is 6.90. The zero-order valence-electron chi connectivity index (χ0n) is 10.3. The molecule has 3 atom stereocenters. The molecule has 0 aromatic rings. The summed E-state index contributed by atoms with van der Waals surface area (Å²) >= 11 is 2.37. The van der Waals surface area contributed by atoms with Crippen LogP contribution in [0.4, 0.5) is 4.39 Å². The summed E-state index contributed by atoms with van der Waals surface area (Å²) < 4.78 is 50.6. The van der Waals surface area contributed by atoms with Crippen LogP contribution in [0.15, 0.2) is 12.2 Å². The SMILES string of the molecule is [2H]C1([2H])C=CC([2H])(C(=O)O)C([2H])(F)C1([2H])Br. The number of hydrogen-bond donors (Lipinski definition) is 1. The van der Waals surface area contributed by atoms with E-state index >= 15 is 0 Å². The fraction of sp³-hybridized carbons (Fsp3) is 0.571. The van der Waals surface area contributed by atoms with Crippen LogP contribution in [0.1, 0.15) is 13.2 Å². The van der Waals surface area contributed by atoms with Gasteiger partial charge in [0, 0.05) is 5.48 Å². The molecule has 0 aromatic carbocycles. The lowest BCUT2D eigenvalue weighted by Crippen LogP contribution is -2.32. The van der Waals surface area contributed by atoms with Crippen LogP contribution in [0, 0.1) is 5.89 Å². The van der Waals surface area contributed by atoms with Crippen LogP contribution in [-0.4, -0.2) is 22.0 Å². The molecule has 1 aliphatic rings. The number of hydrogen-bond acceptors (Lipinski definition) is 1. The highest BCUT2D eigenvalue weighted by Crippen LogP contribution is 2.27. The third-order valence-electron chi connectivity index (χ3n) is 1.12. The Morgan fingerprint density at radius 2 is 2.64 bits per heavy atom. The largest absolute Gasteiger partial charge is 0.481 e. The first-order valence-corrected chi connectivity index (χ1v) is 3.51. The molecule has 0 aromatic heterocycles. The van der Waals surface area contributed by atoms with E-state index in [2.05, 4.69) is 15.9 Å². The Bertz CT molecular complexity index is 370. The van der Waals surface area contributed by atoms with Crippen LogP contribution in [-0.2, 0) is 4.79 Å². The van der Waals surface area contributed by atoms with Crippen LogP contribution >= 0.6 is 15.9 Å². The van der Waals surface area contributed by atoms with E-state index in [1.807, 2.05) is 0 Å². The van der Waals surface area contributed by atoms with Gasteiger partial charge in [0.15, 0.2) is 0 Å². The predicted molar refractivity (Wildman–Crippen MR) is 42.5 cm³/mol. The molecule has 1 aliphatic carbocycles. The predicted octanol–water partition coefficient (Wildman–Crippen LogP) is 1.75. The molecule has 0 saturated heterocycles. The van der Waals surface area contributed by atoms with E-state index in [0.717, 1.165) is 0 Å². The fourth-order valence-corrected chi connectivity index (χ4v) is 0.964. The molecule has 62 valence electrons. The van der Waals surface area contributed by atoms with Crippen molar-refractivity contribution in [3.8, 4) is 0 Å². The summed E-state index contributed by atoms with van der Waals surface area (Å²) in [4.78, 5) is 7.89. The number of allylic oxidation sites excluding steroid dienone is 1. The van der Waals surface area contributed by atoms with E-state index in [1.165, 1.54) is 0 Å². The van der Waals surface area contributed by atoms with E-state index in [0.29, 0.717) is 12.2 Å². The molecule has 0 bridgehead atoms. The molecule has 11 heavy (non-hydrogen) atoms. The minimum Gasteiger partial charge on any atom is -0.481 e. The molecule has 4 heteroatoms. The van der Waals surface area contributed by atoms with Gasteiger partial charge in [-0.3, -0.25) is 4.79 Å². The molecule has 0 fully saturated rings. The van der Waals surface area contributed by atoms with E-state index < -0.39 is 29.2 Å². The van der Waals surface area contributed by atoms with Crippen molar-refractivity contribution in [2.24, 2.45) is 5.89 Å². The van der Waals surface area contributed by atoms with E-state index in [9.17, 15) is 9.18 Å². The Balaban J connectivity index is 3.49. The number of carboxylic acid groups (broad SMARTS) is 1. The molecule has 0 radical (unpaired) electrons. The maximum absolute atomic E-state index is 14.0. The standard InChI is InChI=1S/C7H8BrFO2/c8-5-3-1-2-4(6(5)9)7(10)11/h1-2,4-6H,3H2,(H,10,11)/i3D2,4D,5D,6D. The molecule has 2 nitrogen and oxygen atoms in total. The van der Waals surface area contributed by atoms with Crippen molar-refractivity contribution < 1.29 is 21.1 Å². The number of alkyl halides is 2. The zero-order chi connectivity index (χ0) is 13.0. The smallest absolute Gasteiger partial charge is 0.313 e. The summed E-state index contributed by atoms with van der Waals surface area (Å²) in [5, 5.41) is 8.71. The Morgan fingerprint density at radius 1 is 2.00 bits per heavy atom. The molecular formula is C7H8BrFO2. The highest BCUT2D eigenvalue weighted by Gasteiger charge is 2.33. The summed E-state index contributed by atoms with van der Waals surface area (Å²) in [5.74, 6) is -4.98. The van der Waals surface area contributed by atoms with Crippen molar-refractivity contribution in [3.63, 3.8) is 0 Å². The van der Waals surface area contributed by atoms with Crippen LogP contribution in [0.3, 0.4) is 0 Å². The summed E-state index contributed by atoms with van der Waals surface area (Å²) in [5.41, 5.74) is 0. The van der Waals surface area contributed by atoms with Crippen LogP contribution in [0.25, 0.3) is 0 Å². The van der Waals surface area contributed by atoms with Gasteiger partial charge in [0.05, 0.1) is 6.17 Å². The second-order valence-corrected chi connectivity index (χ2v) is 2.62. The monoisotopic (exact) mass is 227 g/mol. The third-order valence-corrected chi connectivity index (χ3v) is 1.70. The zero-order valence-corrected chi connectivity index (χ0v) is 6.85. The van der Waals surface area contributed by atoms with Crippen LogP contribution in [0.5, 0.6) is 0 Å². The van der Waals surface area contributed by atoms with E-state index in [1.54, 1.807) is 0 Å². The van der Waals surface area contributed by atoms with Crippen molar-refractivity contribution in [3.05, 3.63) is 12.2 Å². The van der Waals surface area contributed by atoms with Crippen molar-refractivity contribution in [1.29, 1.82) is 0 Å². The normalized spacial score (nSPS) is 68.4. The topological polar surface area (TPSA) is 37.3 Å². The van der Waals surface area contributed by atoms with Gasteiger partial charge in [0.25, 0.3) is 0 Å². The molecule has 0 amide bonds. The molecule has 0 spiro atoms.